The van der Waals surface area contributed by atoms with Crippen LogP contribution in [0.2, 0.25) is 0 Å². The summed E-state index contributed by atoms with van der Waals surface area (Å²) in [6, 6.07) is 0. The molecule has 0 unspecified atom stereocenters. The maximum atomic E-state index is 11.6. The molecule has 0 atom stereocenters. The lowest BCUT2D eigenvalue weighted by Crippen LogP contribution is -2.34. The average molecular weight is 238 g/mol. The Hall–Kier alpha value is -1.92. The molecule has 0 saturated carbocycles. The van der Waals surface area contributed by atoms with Gasteiger partial charge in [-0.2, -0.15) is 0 Å². The first-order valence-corrected chi connectivity index (χ1v) is 5.54. The van der Waals surface area contributed by atoms with E-state index in [2.05, 4.69) is 10.3 Å². The molecule has 1 fully saturated rings. The van der Waals surface area contributed by atoms with Gasteiger partial charge < -0.3 is 10.0 Å². The molecule has 7 nitrogen and oxygen atoms in total. The fraction of sp³-hybridized carbons (Fsp3) is 0.600. The van der Waals surface area contributed by atoms with Gasteiger partial charge in [0.05, 0.1) is 12.7 Å². The Morgan fingerprint density at radius 3 is 3.00 bits per heavy atom. The van der Waals surface area contributed by atoms with Crippen molar-refractivity contribution in [3.8, 4) is 0 Å². The molecule has 1 amide bonds. The molecule has 7 heteroatoms. The number of carbonyl (C=O) groups is 2. The third-order valence-corrected chi connectivity index (χ3v) is 2.66. The Kier molecular flexibility index (Phi) is 3.36. The lowest BCUT2D eigenvalue weighted by atomic mass is 10.1. The van der Waals surface area contributed by atoms with Crippen molar-refractivity contribution < 1.29 is 14.7 Å². The Labute approximate surface area is 98.0 Å². The highest BCUT2D eigenvalue weighted by molar-refractivity contribution is 5.76. The van der Waals surface area contributed by atoms with Crippen LogP contribution < -0.4 is 0 Å². The third-order valence-electron chi connectivity index (χ3n) is 2.66. The summed E-state index contributed by atoms with van der Waals surface area (Å²) < 4.78 is 1.26. The van der Waals surface area contributed by atoms with Crippen LogP contribution >= 0.6 is 0 Å². The second-order valence-corrected chi connectivity index (χ2v) is 4.07. The van der Waals surface area contributed by atoms with Crippen molar-refractivity contribution in [2.24, 2.45) is 0 Å². The first kappa shape index (κ1) is 11.6. The summed E-state index contributed by atoms with van der Waals surface area (Å²) >= 11 is 0. The van der Waals surface area contributed by atoms with E-state index in [0.717, 1.165) is 19.4 Å². The van der Waals surface area contributed by atoms with Gasteiger partial charge in [-0.25, -0.2) is 4.68 Å². The zero-order chi connectivity index (χ0) is 12.3. The smallest absolute Gasteiger partial charge is 0.325 e. The lowest BCUT2D eigenvalue weighted by molar-refractivity contribution is -0.138. The molecule has 1 aromatic heterocycles. The number of carboxylic acid groups (broad SMARTS) is 1. The summed E-state index contributed by atoms with van der Waals surface area (Å²) in [5, 5.41) is 16.1. The molecule has 1 aromatic rings. The Morgan fingerprint density at radius 1 is 1.47 bits per heavy atom. The highest BCUT2D eigenvalue weighted by Gasteiger charge is 2.19. The molecule has 1 N–H and O–H groups in total. The van der Waals surface area contributed by atoms with Gasteiger partial charge in [-0.15, -0.1) is 5.10 Å². The minimum Gasteiger partial charge on any atom is -0.480 e. The minimum absolute atomic E-state index is 0.129. The van der Waals surface area contributed by atoms with Gasteiger partial charge in [0.15, 0.2) is 0 Å². The monoisotopic (exact) mass is 238 g/mol. The van der Waals surface area contributed by atoms with Gasteiger partial charge in [0, 0.05) is 13.0 Å². The van der Waals surface area contributed by atoms with Crippen LogP contribution in [0.3, 0.4) is 0 Å². The SMILES string of the molecule is O=C(O)Cn1cc(CN2CCCCC2=O)nn1. The van der Waals surface area contributed by atoms with Crippen molar-refractivity contribution in [2.45, 2.75) is 32.4 Å². The zero-order valence-electron chi connectivity index (χ0n) is 9.37. The predicted octanol–water partition coefficient (Wildman–Crippen LogP) is -0.125. The molecule has 17 heavy (non-hydrogen) atoms. The summed E-state index contributed by atoms with van der Waals surface area (Å²) in [4.78, 5) is 23.8. The molecule has 1 aliphatic heterocycles. The molecular weight excluding hydrogens is 224 g/mol. The molecule has 1 aliphatic rings. The largest absolute Gasteiger partial charge is 0.480 e. The second-order valence-electron chi connectivity index (χ2n) is 4.07. The number of hydrogen-bond acceptors (Lipinski definition) is 4. The molecule has 0 aromatic carbocycles. The van der Waals surface area contributed by atoms with E-state index in [-0.39, 0.29) is 12.5 Å². The second kappa shape index (κ2) is 4.94. The van der Waals surface area contributed by atoms with Crippen LogP contribution in [0.15, 0.2) is 6.20 Å². The quantitative estimate of drug-likeness (QED) is 0.789. The summed E-state index contributed by atoms with van der Waals surface area (Å²) in [5.74, 6) is -0.834. The highest BCUT2D eigenvalue weighted by Crippen LogP contribution is 2.12. The summed E-state index contributed by atoms with van der Waals surface area (Å²) in [7, 11) is 0. The number of rotatable bonds is 4. The first-order chi connectivity index (χ1) is 8.15. The molecule has 0 bridgehead atoms. The maximum Gasteiger partial charge on any atom is 0.325 e. The molecule has 0 spiro atoms. The number of carboxylic acids is 1. The molecular formula is C10H14N4O3. The van der Waals surface area contributed by atoms with Gasteiger partial charge in [-0.3, -0.25) is 9.59 Å². The maximum absolute atomic E-state index is 11.6. The number of likely N-dealkylation sites (tertiary alicyclic amines) is 1. The third kappa shape index (κ3) is 3.02. The number of aromatic nitrogens is 3. The van der Waals surface area contributed by atoms with Gasteiger partial charge in [0.1, 0.15) is 12.2 Å². The van der Waals surface area contributed by atoms with E-state index in [1.807, 2.05) is 0 Å². The standard InChI is InChI=1S/C10H14N4O3/c15-9-3-1-2-4-13(9)5-8-6-14(12-11-8)7-10(16)17/h6H,1-5,7H2,(H,16,17). The van der Waals surface area contributed by atoms with Crippen LogP contribution in [-0.4, -0.2) is 43.4 Å². The van der Waals surface area contributed by atoms with Gasteiger partial charge in [0.2, 0.25) is 5.91 Å². The van der Waals surface area contributed by atoms with E-state index in [1.54, 1.807) is 11.1 Å². The van der Waals surface area contributed by atoms with Crippen molar-refractivity contribution in [3.63, 3.8) is 0 Å². The number of piperidine rings is 1. The van der Waals surface area contributed by atoms with Gasteiger partial charge in [0.25, 0.3) is 0 Å². The number of carbonyl (C=O) groups excluding carboxylic acids is 1. The van der Waals surface area contributed by atoms with Crippen molar-refractivity contribution in [1.29, 1.82) is 0 Å². The van der Waals surface area contributed by atoms with Crippen molar-refractivity contribution >= 4 is 11.9 Å². The van der Waals surface area contributed by atoms with E-state index < -0.39 is 5.97 Å². The van der Waals surface area contributed by atoms with Crippen LogP contribution in [0.5, 0.6) is 0 Å². The Bertz CT molecular complexity index is 429. The molecule has 1 saturated heterocycles. The topological polar surface area (TPSA) is 88.3 Å². The minimum atomic E-state index is -0.963. The Balaban J connectivity index is 1.96. The Morgan fingerprint density at radius 2 is 2.29 bits per heavy atom. The summed E-state index contributed by atoms with van der Waals surface area (Å²) in [5.41, 5.74) is 0.626. The summed E-state index contributed by atoms with van der Waals surface area (Å²) in [6.45, 7) is 0.948. The number of amides is 1. The van der Waals surface area contributed by atoms with Crippen molar-refractivity contribution in [2.75, 3.05) is 6.54 Å². The van der Waals surface area contributed by atoms with E-state index in [9.17, 15) is 9.59 Å². The lowest BCUT2D eigenvalue weighted by Gasteiger charge is -2.25. The van der Waals surface area contributed by atoms with Crippen molar-refractivity contribution in [3.05, 3.63) is 11.9 Å². The van der Waals surface area contributed by atoms with Crippen LogP contribution in [0.25, 0.3) is 0 Å². The van der Waals surface area contributed by atoms with E-state index in [4.69, 9.17) is 5.11 Å². The number of nitrogens with zero attached hydrogens (tertiary/aromatic N) is 4. The van der Waals surface area contributed by atoms with E-state index in [1.165, 1.54) is 4.68 Å². The predicted molar refractivity (Wildman–Crippen MR) is 56.9 cm³/mol. The molecule has 0 radical (unpaired) electrons. The average Bonchev–Trinajstić information content (AvgIpc) is 2.68. The van der Waals surface area contributed by atoms with E-state index >= 15 is 0 Å². The number of hydrogen-bond donors (Lipinski definition) is 1. The highest BCUT2D eigenvalue weighted by atomic mass is 16.4. The molecule has 92 valence electrons. The van der Waals surface area contributed by atoms with E-state index in [0.29, 0.717) is 18.7 Å². The summed E-state index contributed by atoms with van der Waals surface area (Å²) in [6.07, 6.45) is 4.11. The van der Waals surface area contributed by atoms with Crippen molar-refractivity contribution in [1.82, 2.24) is 19.9 Å². The van der Waals surface area contributed by atoms with Gasteiger partial charge in [-0.1, -0.05) is 5.21 Å². The number of aliphatic carboxylic acids is 1. The first-order valence-electron chi connectivity index (χ1n) is 5.54. The molecule has 2 heterocycles. The molecule has 0 aliphatic carbocycles. The molecule has 2 rings (SSSR count). The van der Waals surface area contributed by atoms with Crippen LogP contribution in [0, 0.1) is 0 Å². The van der Waals surface area contributed by atoms with Crippen LogP contribution in [-0.2, 0) is 22.7 Å². The van der Waals surface area contributed by atoms with Crippen LogP contribution in [0.1, 0.15) is 25.0 Å². The van der Waals surface area contributed by atoms with Crippen LogP contribution in [0.4, 0.5) is 0 Å². The fourth-order valence-electron chi connectivity index (χ4n) is 1.85. The van der Waals surface area contributed by atoms with Gasteiger partial charge >= 0.3 is 5.97 Å². The normalized spacial score (nSPS) is 16.2. The van der Waals surface area contributed by atoms with Gasteiger partial charge in [-0.05, 0) is 12.8 Å². The zero-order valence-corrected chi connectivity index (χ0v) is 9.37. The fourth-order valence-corrected chi connectivity index (χ4v) is 1.85.